The summed E-state index contributed by atoms with van der Waals surface area (Å²) in [4.78, 5) is 22.0. The molecule has 3 aromatic rings. The first-order valence-electron chi connectivity index (χ1n) is 7.61. The molecule has 0 fully saturated rings. The number of H-pyrrole nitrogens is 1. The molecule has 0 aliphatic rings. The zero-order chi connectivity index (χ0) is 17.3. The van der Waals surface area contributed by atoms with Crippen LogP contribution in [0.2, 0.25) is 10.0 Å². The lowest BCUT2D eigenvalue weighted by atomic mass is 10.0. The van der Waals surface area contributed by atoms with Crippen molar-refractivity contribution in [1.82, 2.24) is 9.97 Å². The highest BCUT2D eigenvalue weighted by Crippen LogP contribution is 2.38. The minimum Gasteiger partial charge on any atom is -0.310 e. The van der Waals surface area contributed by atoms with Crippen LogP contribution in [0.4, 0.5) is 0 Å². The van der Waals surface area contributed by atoms with Gasteiger partial charge in [-0.2, -0.15) is 0 Å². The van der Waals surface area contributed by atoms with Crippen molar-refractivity contribution < 1.29 is 0 Å². The van der Waals surface area contributed by atoms with E-state index in [1.54, 1.807) is 23.5 Å². The van der Waals surface area contributed by atoms with Crippen molar-refractivity contribution in [2.75, 3.05) is 5.88 Å². The fraction of sp³-hybridized carbons (Fsp3) is 0.294. The number of benzene rings is 1. The van der Waals surface area contributed by atoms with Gasteiger partial charge in [-0.15, -0.1) is 22.9 Å². The van der Waals surface area contributed by atoms with Gasteiger partial charge in [-0.25, -0.2) is 4.98 Å². The molecule has 1 N–H and O–H groups in total. The van der Waals surface area contributed by atoms with Crippen molar-refractivity contribution in [3.8, 4) is 11.1 Å². The molecule has 3 nitrogen and oxygen atoms in total. The van der Waals surface area contributed by atoms with E-state index < -0.39 is 0 Å². The standard InChI is InChI=1S/C17H15Cl3N2OS/c1-2-12-14(9-5-6-10(19)11(20)8-9)15-16(23)21-13(4-3-7-18)22-17(15)24-12/h5-6,8H,2-4,7H2,1H3,(H,21,22,23). The number of halogens is 3. The van der Waals surface area contributed by atoms with Crippen LogP contribution in [0.5, 0.6) is 0 Å². The topological polar surface area (TPSA) is 45.8 Å². The van der Waals surface area contributed by atoms with Crippen LogP contribution in [0.25, 0.3) is 21.3 Å². The number of nitrogens with zero attached hydrogens (tertiary/aromatic N) is 1. The molecule has 0 bridgehead atoms. The molecule has 2 heterocycles. The molecule has 0 atom stereocenters. The zero-order valence-electron chi connectivity index (χ0n) is 13.0. The summed E-state index contributed by atoms with van der Waals surface area (Å²) in [6.07, 6.45) is 2.25. The van der Waals surface area contributed by atoms with Crippen molar-refractivity contribution in [2.24, 2.45) is 0 Å². The Kier molecular flexibility index (Phi) is 5.50. The first-order valence-corrected chi connectivity index (χ1v) is 9.71. The van der Waals surface area contributed by atoms with Crippen LogP contribution >= 0.6 is 46.1 Å². The molecule has 7 heteroatoms. The summed E-state index contributed by atoms with van der Waals surface area (Å²) in [5, 5.41) is 1.58. The molecule has 24 heavy (non-hydrogen) atoms. The third kappa shape index (κ3) is 3.33. The number of hydrogen-bond acceptors (Lipinski definition) is 3. The van der Waals surface area contributed by atoms with E-state index in [-0.39, 0.29) is 5.56 Å². The maximum Gasteiger partial charge on any atom is 0.260 e. The number of aryl methyl sites for hydroxylation is 2. The van der Waals surface area contributed by atoms with E-state index in [9.17, 15) is 4.79 Å². The van der Waals surface area contributed by atoms with Gasteiger partial charge < -0.3 is 4.98 Å². The molecule has 0 saturated heterocycles. The van der Waals surface area contributed by atoms with Crippen LogP contribution in [0, 0.1) is 0 Å². The summed E-state index contributed by atoms with van der Waals surface area (Å²) in [5.74, 6) is 1.22. The van der Waals surface area contributed by atoms with Crippen molar-refractivity contribution in [2.45, 2.75) is 26.2 Å². The average Bonchev–Trinajstić information content (AvgIpc) is 2.94. The maximum absolute atomic E-state index is 12.7. The van der Waals surface area contributed by atoms with Gasteiger partial charge >= 0.3 is 0 Å². The fourth-order valence-corrected chi connectivity index (χ4v) is 4.24. The highest BCUT2D eigenvalue weighted by atomic mass is 35.5. The number of nitrogens with one attached hydrogen (secondary N) is 1. The number of rotatable bonds is 5. The highest BCUT2D eigenvalue weighted by molar-refractivity contribution is 7.19. The number of hydrogen-bond donors (Lipinski definition) is 1. The van der Waals surface area contributed by atoms with Crippen molar-refractivity contribution >= 4 is 56.4 Å². The maximum atomic E-state index is 12.7. The van der Waals surface area contributed by atoms with Gasteiger partial charge in [-0.3, -0.25) is 4.79 Å². The molecule has 1 aromatic carbocycles. The summed E-state index contributed by atoms with van der Waals surface area (Å²) >= 11 is 19.4. The Morgan fingerprint density at radius 3 is 2.71 bits per heavy atom. The van der Waals surface area contributed by atoms with E-state index in [2.05, 4.69) is 16.9 Å². The lowest BCUT2D eigenvalue weighted by molar-refractivity contribution is 0.843. The van der Waals surface area contributed by atoms with Gasteiger partial charge in [0.15, 0.2) is 0 Å². The Balaban J connectivity index is 2.23. The highest BCUT2D eigenvalue weighted by Gasteiger charge is 2.18. The largest absolute Gasteiger partial charge is 0.310 e. The minimum atomic E-state index is -0.124. The quantitative estimate of drug-likeness (QED) is 0.558. The molecule has 0 spiro atoms. The second-order valence-electron chi connectivity index (χ2n) is 5.37. The summed E-state index contributed by atoms with van der Waals surface area (Å²) in [7, 11) is 0. The predicted molar refractivity (Wildman–Crippen MR) is 104 cm³/mol. The number of aromatic amines is 1. The van der Waals surface area contributed by atoms with E-state index >= 15 is 0 Å². The van der Waals surface area contributed by atoms with Gasteiger partial charge in [-0.05, 0) is 30.5 Å². The Bertz CT molecular complexity index is 949. The van der Waals surface area contributed by atoms with Crippen LogP contribution in [0.1, 0.15) is 24.0 Å². The summed E-state index contributed by atoms with van der Waals surface area (Å²) < 4.78 is 0. The van der Waals surface area contributed by atoms with Crippen molar-refractivity contribution in [3.63, 3.8) is 0 Å². The van der Waals surface area contributed by atoms with E-state index in [4.69, 9.17) is 34.8 Å². The van der Waals surface area contributed by atoms with E-state index in [0.29, 0.717) is 33.6 Å². The van der Waals surface area contributed by atoms with E-state index in [1.165, 1.54) is 0 Å². The second-order valence-corrected chi connectivity index (χ2v) is 7.64. The van der Waals surface area contributed by atoms with Gasteiger partial charge in [0.05, 0.1) is 15.4 Å². The molecule has 0 radical (unpaired) electrons. The van der Waals surface area contributed by atoms with E-state index in [0.717, 1.165) is 33.7 Å². The number of fused-ring (bicyclic) bond motifs is 1. The Morgan fingerprint density at radius 1 is 1.25 bits per heavy atom. The molecular formula is C17H15Cl3N2OS. The average molecular weight is 402 g/mol. The smallest absolute Gasteiger partial charge is 0.260 e. The first-order chi connectivity index (χ1) is 11.5. The lowest BCUT2D eigenvalue weighted by Crippen LogP contribution is -2.11. The molecule has 0 aliphatic carbocycles. The Labute approximate surface area is 158 Å². The van der Waals surface area contributed by atoms with Gasteiger partial charge in [0.2, 0.25) is 0 Å². The minimum absolute atomic E-state index is 0.124. The second kappa shape index (κ2) is 7.44. The molecule has 2 aromatic heterocycles. The number of aromatic nitrogens is 2. The molecule has 0 amide bonds. The summed E-state index contributed by atoms with van der Waals surface area (Å²) in [6, 6.07) is 5.43. The fourth-order valence-electron chi connectivity index (χ4n) is 2.66. The SMILES string of the molecule is CCc1sc2nc(CCCCl)[nH]c(=O)c2c1-c1ccc(Cl)c(Cl)c1. The third-order valence-electron chi connectivity index (χ3n) is 3.76. The molecule has 0 aliphatic heterocycles. The van der Waals surface area contributed by atoms with Gasteiger partial charge in [0, 0.05) is 22.7 Å². The molecule has 0 saturated carbocycles. The van der Waals surface area contributed by atoms with Crippen molar-refractivity contribution in [3.05, 3.63) is 49.3 Å². The monoisotopic (exact) mass is 400 g/mol. The Hall–Kier alpha value is -1.07. The van der Waals surface area contributed by atoms with Crippen molar-refractivity contribution in [1.29, 1.82) is 0 Å². The van der Waals surface area contributed by atoms with Crippen LogP contribution < -0.4 is 5.56 Å². The van der Waals surface area contributed by atoms with Crippen LogP contribution in [0.15, 0.2) is 23.0 Å². The molecule has 3 rings (SSSR count). The Morgan fingerprint density at radius 2 is 2.04 bits per heavy atom. The van der Waals surface area contributed by atoms with Gasteiger partial charge in [-0.1, -0.05) is 36.2 Å². The first kappa shape index (κ1) is 17.7. The molecule has 126 valence electrons. The van der Waals surface area contributed by atoms with Crippen LogP contribution in [0.3, 0.4) is 0 Å². The van der Waals surface area contributed by atoms with Crippen LogP contribution in [-0.2, 0) is 12.8 Å². The third-order valence-corrected chi connectivity index (χ3v) is 5.99. The lowest BCUT2D eigenvalue weighted by Gasteiger charge is -2.05. The van der Waals surface area contributed by atoms with Crippen LogP contribution in [-0.4, -0.2) is 15.8 Å². The molecular weight excluding hydrogens is 387 g/mol. The van der Waals surface area contributed by atoms with Gasteiger partial charge in [0.25, 0.3) is 5.56 Å². The number of thiophene rings is 1. The normalized spacial score (nSPS) is 11.3. The summed E-state index contributed by atoms with van der Waals surface area (Å²) in [6.45, 7) is 2.06. The number of alkyl halides is 1. The van der Waals surface area contributed by atoms with E-state index in [1.807, 2.05) is 6.07 Å². The predicted octanol–water partition coefficient (Wildman–Crippen LogP) is 5.69. The zero-order valence-corrected chi connectivity index (χ0v) is 16.0. The summed E-state index contributed by atoms with van der Waals surface area (Å²) in [5.41, 5.74) is 1.66. The van der Waals surface area contributed by atoms with Gasteiger partial charge in [0.1, 0.15) is 10.7 Å². The molecule has 0 unspecified atom stereocenters.